The molecule has 0 radical (unpaired) electrons. The minimum Gasteiger partial charge on any atom is -0.351 e. The van der Waals surface area contributed by atoms with Gasteiger partial charge < -0.3 is 9.64 Å². The summed E-state index contributed by atoms with van der Waals surface area (Å²) in [5.74, 6) is 0.199. The molecule has 3 fully saturated rings. The van der Waals surface area contributed by atoms with Crippen molar-refractivity contribution in [3.8, 4) is 0 Å². The number of hydrogen-bond donors (Lipinski definition) is 0. The molecule has 1 aromatic heterocycles. The van der Waals surface area contributed by atoms with Crippen molar-refractivity contribution in [2.45, 2.75) is 37.2 Å². The number of carbonyl (C=O) groups is 1. The molecule has 3 aliphatic heterocycles. The largest absolute Gasteiger partial charge is 0.351 e. The van der Waals surface area contributed by atoms with Crippen molar-refractivity contribution in [2.75, 3.05) is 13.2 Å². The van der Waals surface area contributed by atoms with Gasteiger partial charge in [-0.2, -0.15) is 0 Å². The van der Waals surface area contributed by atoms with E-state index in [-0.39, 0.29) is 18.0 Å². The monoisotopic (exact) mass is 336 g/mol. The Labute approximate surface area is 146 Å². The van der Waals surface area contributed by atoms with Gasteiger partial charge in [0.2, 0.25) is 5.91 Å². The lowest BCUT2D eigenvalue weighted by atomic mass is 10.0. The molecule has 0 unspecified atom stereocenters. The van der Waals surface area contributed by atoms with Crippen molar-refractivity contribution >= 4 is 5.91 Å². The van der Waals surface area contributed by atoms with Crippen LogP contribution in [0.25, 0.3) is 0 Å². The molecule has 0 N–H and O–H groups in total. The molecule has 0 bridgehead atoms. The summed E-state index contributed by atoms with van der Waals surface area (Å²) in [6, 6.07) is 10.4. The molecule has 3 aliphatic rings. The number of ether oxygens (including phenoxy) is 1. The van der Waals surface area contributed by atoms with Crippen LogP contribution in [0.5, 0.6) is 0 Å². The molecule has 1 spiro atoms. The summed E-state index contributed by atoms with van der Waals surface area (Å²) in [5.41, 5.74) is 1.76. The van der Waals surface area contributed by atoms with Gasteiger partial charge in [-0.1, -0.05) is 30.3 Å². The molecular weight excluding hydrogens is 316 g/mol. The van der Waals surface area contributed by atoms with Gasteiger partial charge in [0.25, 0.3) is 0 Å². The smallest absolute Gasteiger partial charge is 0.227 e. The van der Waals surface area contributed by atoms with Gasteiger partial charge in [0.1, 0.15) is 6.33 Å². The highest BCUT2D eigenvalue weighted by molar-refractivity contribution is 5.82. The van der Waals surface area contributed by atoms with Crippen LogP contribution in [0, 0.1) is 0 Å². The Morgan fingerprint density at radius 3 is 2.80 bits per heavy atom. The zero-order chi connectivity index (χ0) is 16.9. The molecule has 6 nitrogen and oxygen atoms in total. The molecule has 1 aromatic carbocycles. The summed E-state index contributed by atoms with van der Waals surface area (Å²) >= 11 is 0. The Morgan fingerprint density at radius 1 is 1.20 bits per heavy atom. The van der Waals surface area contributed by atoms with E-state index in [0.717, 1.165) is 30.6 Å². The Kier molecular flexibility index (Phi) is 3.36. The molecule has 2 aromatic rings. The Balaban J connectivity index is 1.43. The number of rotatable bonds is 3. The van der Waals surface area contributed by atoms with Crippen molar-refractivity contribution in [2.24, 2.45) is 0 Å². The van der Waals surface area contributed by atoms with Crippen LogP contribution in [0.1, 0.15) is 30.0 Å². The van der Waals surface area contributed by atoms with Crippen LogP contribution in [0.2, 0.25) is 0 Å². The van der Waals surface area contributed by atoms with Gasteiger partial charge in [-0.3, -0.25) is 9.69 Å². The first-order valence-electron chi connectivity index (χ1n) is 8.77. The summed E-state index contributed by atoms with van der Waals surface area (Å²) < 4.78 is 6.33. The first-order valence-corrected chi connectivity index (χ1v) is 8.77. The average molecular weight is 336 g/mol. The normalized spacial score (nSPS) is 31.4. The van der Waals surface area contributed by atoms with E-state index in [9.17, 15) is 4.79 Å². The lowest BCUT2D eigenvalue weighted by Gasteiger charge is -2.33. The van der Waals surface area contributed by atoms with Crippen molar-refractivity contribution in [3.05, 3.63) is 60.2 Å². The summed E-state index contributed by atoms with van der Waals surface area (Å²) in [6.07, 6.45) is 6.61. The van der Waals surface area contributed by atoms with Crippen LogP contribution in [-0.2, 0) is 16.1 Å². The van der Waals surface area contributed by atoms with Gasteiger partial charge in [0.15, 0.2) is 5.72 Å². The molecule has 0 aliphatic carbocycles. The number of aromatic nitrogens is 2. The van der Waals surface area contributed by atoms with Crippen molar-refractivity contribution < 1.29 is 9.53 Å². The molecule has 0 saturated carbocycles. The fourth-order valence-corrected chi connectivity index (χ4v) is 4.69. The van der Waals surface area contributed by atoms with Crippen molar-refractivity contribution in [1.82, 2.24) is 19.8 Å². The molecule has 3 atom stereocenters. The second kappa shape index (κ2) is 5.61. The fraction of sp³-hybridized carbons (Fsp3) is 0.421. The van der Waals surface area contributed by atoms with Gasteiger partial charge in [-0.05, 0) is 5.56 Å². The third-order valence-electron chi connectivity index (χ3n) is 5.75. The molecule has 6 heteroatoms. The Hall–Kier alpha value is -2.31. The van der Waals surface area contributed by atoms with E-state index in [1.807, 2.05) is 35.5 Å². The molecule has 1 amide bonds. The first kappa shape index (κ1) is 15.0. The maximum absolute atomic E-state index is 12.8. The lowest BCUT2D eigenvalue weighted by Crippen LogP contribution is -2.48. The predicted molar refractivity (Wildman–Crippen MR) is 90.2 cm³/mol. The van der Waals surface area contributed by atoms with Crippen LogP contribution in [0.3, 0.4) is 0 Å². The van der Waals surface area contributed by atoms with Crippen molar-refractivity contribution in [3.63, 3.8) is 0 Å². The molecule has 3 saturated heterocycles. The SMILES string of the molecule is O=C1C[C@H]2N(Cc3cncnc3)CC[C@]23OC[C@@H](c2ccccc2)N13. The van der Waals surface area contributed by atoms with Crippen LogP contribution in [-0.4, -0.2) is 50.6 Å². The third kappa shape index (κ3) is 2.21. The number of nitrogens with zero attached hydrogens (tertiary/aromatic N) is 4. The first-order chi connectivity index (χ1) is 12.3. The van der Waals surface area contributed by atoms with Gasteiger partial charge >= 0.3 is 0 Å². The standard InChI is InChI=1S/C19H20N4O2/c24-18-8-17-19(6-7-22(17)11-14-9-20-13-21-10-14)23(18)16(12-25-19)15-4-2-1-3-5-15/h1-5,9-10,13,16-17H,6-8,11-12H2/t16-,17+,19-/m0/s1. The number of benzene rings is 1. The fourth-order valence-electron chi connectivity index (χ4n) is 4.69. The van der Waals surface area contributed by atoms with Gasteiger partial charge in [0.05, 0.1) is 18.7 Å². The summed E-state index contributed by atoms with van der Waals surface area (Å²) in [7, 11) is 0. The summed E-state index contributed by atoms with van der Waals surface area (Å²) in [6.45, 7) is 2.26. The summed E-state index contributed by atoms with van der Waals surface area (Å²) in [5, 5.41) is 0. The lowest BCUT2D eigenvalue weighted by molar-refractivity contribution is -0.138. The number of likely N-dealkylation sites (tertiary alicyclic amines) is 1. The maximum atomic E-state index is 12.8. The van der Waals surface area contributed by atoms with E-state index in [0.29, 0.717) is 13.0 Å². The number of carbonyl (C=O) groups excluding carboxylic acids is 1. The van der Waals surface area contributed by atoms with E-state index in [4.69, 9.17) is 4.74 Å². The van der Waals surface area contributed by atoms with Gasteiger partial charge in [-0.15, -0.1) is 0 Å². The topological polar surface area (TPSA) is 58.6 Å². The van der Waals surface area contributed by atoms with Gasteiger partial charge in [0, 0.05) is 43.9 Å². The summed E-state index contributed by atoms with van der Waals surface area (Å²) in [4.78, 5) is 25.4. The highest BCUT2D eigenvalue weighted by atomic mass is 16.5. The Morgan fingerprint density at radius 2 is 2.00 bits per heavy atom. The minimum absolute atomic E-state index is 0.0266. The van der Waals surface area contributed by atoms with Crippen LogP contribution >= 0.6 is 0 Å². The molecular formula is C19H20N4O2. The van der Waals surface area contributed by atoms with E-state index < -0.39 is 5.72 Å². The zero-order valence-corrected chi connectivity index (χ0v) is 13.9. The molecule has 25 heavy (non-hydrogen) atoms. The van der Waals surface area contributed by atoms with E-state index in [1.54, 1.807) is 6.33 Å². The zero-order valence-electron chi connectivity index (χ0n) is 13.9. The van der Waals surface area contributed by atoms with Crippen LogP contribution in [0.4, 0.5) is 0 Å². The minimum atomic E-state index is -0.465. The van der Waals surface area contributed by atoms with Crippen LogP contribution in [0.15, 0.2) is 49.1 Å². The Bertz CT molecular complexity index is 785. The molecule has 128 valence electrons. The van der Waals surface area contributed by atoms with Crippen molar-refractivity contribution in [1.29, 1.82) is 0 Å². The van der Waals surface area contributed by atoms with E-state index >= 15 is 0 Å². The third-order valence-corrected chi connectivity index (χ3v) is 5.75. The number of amides is 1. The molecule has 5 rings (SSSR count). The second-order valence-electron chi connectivity index (χ2n) is 7.03. The average Bonchev–Trinajstić information content (AvgIpc) is 3.27. The van der Waals surface area contributed by atoms with Gasteiger partial charge in [-0.25, -0.2) is 9.97 Å². The predicted octanol–water partition coefficient (Wildman–Crippen LogP) is 1.75. The van der Waals surface area contributed by atoms with E-state index in [1.165, 1.54) is 0 Å². The second-order valence-corrected chi connectivity index (χ2v) is 7.03. The number of hydrogen-bond acceptors (Lipinski definition) is 5. The molecule has 4 heterocycles. The van der Waals surface area contributed by atoms with Crippen LogP contribution < -0.4 is 0 Å². The highest BCUT2D eigenvalue weighted by Crippen LogP contribution is 2.51. The van der Waals surface area contributed by atoms with E-state index in [2.05, 4.69) is 27.0 Å². The maximum Gasteiger partial charge on any atom is 0.227 e. The quantitative estimate of drug-likeness (QED) is 0.855. The highest BCUT2D eigenvalue weighted by Gasteiger charge is 2.64.